The van der Waals surface area contributed by atoms with Crippen molar-refractivity contribution >= 4 is 28.1 Å². The Morgan fingerprint density at radius 1 is 1.20 bits per heavy atom. The molecule has 30 heavy (non-hydrogen) atoms. The highest BCUT2D eigenvalue weighted by molar-refractivity contribution is 7.16. The minimum atomic E-state index is -0.274. The smallest absolute Gasteiger partial charge is 0.291 e. The highest BCUT2D eigenvalue weighted by Gasteiger charge is 2.23. The zero-order valence-corrected chi connectivity index (χ0v) is 17.6. The third kappa shape index (κ3) is 4.41. The Morgan fingerprint density at radius 2 is 2.10 bits per heavy atom. The first-order chi connectivity index (χ1) is 14.6. The van der Waals surface area contributed by atoms with Gasteiger partial charge in [-0.15, -0.1) is 11.3 Å². The Hall–Kier alpha value is -3.45. The molecular formula is C23H22N4O2S. The average Bonchev–Trinajstić information content (AvgIpc) is 3.43. The van der Waals surface area contributed by atoms with Crippen molar-refractivity contribution in [1.29, 1.82) is 0 Å². The Kier molecular flexibility index (Phi) is 5.90. The number of nitrogens with one attached hydrogen (secondary N) is 2. The van der Waals surface area contributed by atoms with Crippen LogP contribution in [0.2, 0.25) is 0 Å². The molecule has 0 radical (unpaired) electrons. The molecule has 4 heterocycles. The van der Waals surface area contributed by atoms with Gasteiger partial charge in [0, 0.05) is 28.5 Å². The normalized spacial score (nSPS) is 11.8. The van der Waals surface area contributed by atoms with E-state index in [1.165, 1.54) is 11.1 Å². The molecule has 0 aromatic carbocycles. The van der Waals surface area contributed by atoms with E-state index in [0.29, 0.717) is 0 Å². The molecule has 0 aliphatic heterocycles. The van der Waals surface area contributed by atoms with Gasteiger partial charge in [0.15, 0.2) is 5.76 Å². The number of aryl methyl sites for hydroxylation is 2. The molecule has 4 aromatic heterocycles. The lowest BCUT2D eigenvalue weighted by Crippen LogP contribution is -2.17. The number of thiophene rings is 1. The van der Waals surface area contributed by atoms with E-state index < -0.39 is 0 Å². The molecule has 2 N–H and O–H groups in total. The van der Waals surface area contributed by atoms with Gasteiger partial charge in [-0.2, -0.15) is 0 Å². The van der Waals surface area contributed by atoms with Crippen molar-refractivity contribution in [1.82, 2.24) is 9.97 Å². The van der Waals surface area contributed by atoms with E-state index in [4.69, 9.17) is 4.42 Å². The van der Waals surface area contributed by atoms with Crippen molar-refractivity contribution in [3.63, 3.8) is 0 Å². The highest BCUT2D eigenvalue weighted by Crippen LogP contribution is 2.38. The van der Waals surface area contributed by atoms with Gasteiger partial charge in [-0.25, -0.2) is 4.98 Å². The van der Waals surface area contributed by atoms with Crippen LogP contribution >= 0.6 is 11.3 Å². The first-order valence-electron chi connectivity index (χ1n) is 9.71. The Bertz CT molecular complexity index is 1120. The van der Waals surface area contributed by atoms with Crippen LogP contribution in [0.15, 0.2) is 71.6 Å². The summed E-state index contributed by atoms with van der Waals surface area (Å²) in [5.74, 6) is 0.763. The molecule has 0 bridgehead atoms. The van der Waals surface area contributed by atoms with Gasteiger partial charge in [0.2, 0.25) is 0 Å². The van der Waals surface area contributed by atoms with Gasteiger partial charge in [0.05, 0.1) is 12.3 Å². The third-order valence-corrected chi connectivity index (χ3v) is 5.85. The van der Waals surface area contributed by atoms with Crippen LogP contribution in [-0.4, -0.2) is 15.9 Å². The molecule has 152 valence electrons. The number of pyridine rings is 2. The number of amides is 1. The monoisotopic (exact) mass is 418 g/mol. The summed E-state index contributed by atoms with van der Waals surface area (Å²) in [5.41, 5.74) is 2.87. The first kappa shape index (κ1) is 19.8. The summed E-state index contributed by atoms with van der Waals surface area (Å²) in [6.07, 6.45) is 5.94. The van der Waals surface area contributed by atoms with Crippen LogP contribution in [0, 0.1) is 6.92 Å². The van der Waals surface area contributed by atoms with E-state index in [2.05, 4.69) is 33.6 Å². The number of nitrogens with zero attached hydrogens (tertiary/aromatic N) is 2. The molecule has 0 aliphatic carbocycles. The number of hydrogen-bond acceptors (Lipinski definition) is 6. The summed E-state index contributed by atoms with van der Waals surface area (Å²) in [7, 11) is 0. The van der Waals surface area contributed by atoms with Gasteiger partial charge >= 0.3 is 0 Å². The van der Waals surface area contributed by atoms with Gasteiger partial charge in [-0.1, -0.05) is 19.1 Å². The fourth-order valence-electron chi connectivity index (χ4n) is 3.18. The maximum Gasteiger partial charge on any atom is 0.291 e. The molecule has 1 amide bonds. The maximum atomic E-state index is 12.6. The molecule has 0 saturated carbocycles. The zero-order valence-electron chi connectivity index (χ0n) is 16.8. The average molecular weight is 419 g/mol. The predicted octanol–water partition coefficient (Wildman–Crippen LogP) is 5.46. The van der Waals surface area contributed by atoms with Crippen LogP contribution in [0.5, 0.6) is 0 Å². The topological polar surface area (TPSA) is 80.0 Å². The number of hydrogen-bond donors (Lipinski definition) is 2. The van der Waals surface area contributed by atoms with E-state index in [-0.39, 0.29) is 17.7 Å². The maximum absolute atomic E-state index is 12.6. The van der Waals surface area contributed by atoms with Crippen LogP contribution in [0.4, 0.5) is 10.8 Å². The van der Waals surface area contributed by atoms with Crippen molar-refractivity contribution in [3.8, 4) is 0 Å². The second-order valence-electron chi connectivity index (χ2n) is 6.81. The van der Waals surface area contributed by atoms with Crippen LogP contribution in [0.1, 0.15) is 45.2 Å². The molecule has 7 heteroatoms. The standard InChI is InChI=1S/C23H22N4O2S/c1-3-17-13-18(23(30-17)27-22(28)19-9-6-12-29-19)21(16-8-5-11-24-14-16)26-20-10-4-7-15(2)25-20/h4-14,21H,3H2,1-2H3,(H,25,26)(H,27,28). The lowest BCUT2D eigenvalue weighted by molar-refractivity contribution is 0.0997. The van der Waals surface area contributed by atoms with Crippen LogP contribution in [0.3, 0.4) is 0 Å². The fourth-order valence-corrected chi connectivity index (χ4v) is 4.21. The third-order valence-electron chi connectivity index (χ3n) is 4.64. The Morgan fingerprint density at radius 3 is 2.80 bits per heavy atom. The van der Waals surface area contributed by atoms with E-state index in [1.807, 2.05) is 43.5 Å². The van der Waals surface area contributed by atoms with E-state index in [9.17, 15) is 4.79 Å². The van der Waals surface area contributed by atoms with Gasteiger partial charge in [0.1, 0.15) is 10.8 Å². The Labute approximate surface area is 179 Å². The van der Waals surface area contributed by atoms with E-state index in [1.54, 1.807) is 29.7 Å². The van der Waals surface area contributed by atoms with Crippen molar-refractivity contribution in [2.75, 3.05) is 10.6 Å². The molecule has 0 saturated heterocycles. The molecule has 4 rings (SSSR count). The largest absolute Gasteiger partial charge is 0.459 e. The molecule has 4 aromatic rings. The summed E-state index contributed by atoms with van der Waals surface area (Å²) in [6, 6.07) is 15.0. The van der Waals surface area contributed by atoms with Crippen LogP contribution < -0.4 is 10.6 Å². The molecule has 6 nitrogen and oxygen atoms in total. The summed E-state index contributed by atoms with van der Waals surface area (Å²) < 4.78 is 5.25. The van der Waals surface area contributed by atoms with Crippen molar-refractivity contribution in [2.24, 2.45) is 0 Å². The molecule has 0 fully saturated rings. The number of furan rings is 1. The molecule has 0 spiro atoms. The quantitative estimate of drug-likeness (QED) is 0.417. The van der Waals surface area contributed by atoms with Crippen LogP contribution in [0.25, 0.3) is 0 Å². The van der Waals surface area contributed by atoms with Gasteiger partial charge in [0.25, 0.3) is 5.91 Å². The van der Waals surface area contributed by atoms with Crippen molar-refractivity contribution < 1.29 is 9.21 Å². The molecule has 1 unspecified atom stereocenters. The van der Waals surface area contributed by atoms with Crippen LogP contribution in [-0.2, 0) is 6.42 Å². The molecule has 1 atom stereocenters. The summed E-state index contributed by atoms with van der Waals surface area (Å²) in [4.78, 5) is 22.7. The number of rotatable bonds is 7. The van der Waals surface area contributed by atoms with Gasteiger partial charge in [-0.05, 0) is 55.3 Å². The zero-order chi connectivity index (χ0) is 20.9. The minimum Gasteiger partial charge on any atom is -0.459 e. The fraction of sp³-hybridized carbons (Fsp3) is 0.174. The van der Waals surface area contributed by atoms with E-state index in [0.717, 1.165) is 34.1 Å². The second kappa shape index (κ2) is 8.92. The SMILES string of the molecule is CCc1cc(C(Nc2cccc(C)n2)c2cccnc2)c(NC(=O)c2ccco2)s1. The minimum absolute atomic E-state index is 0.226. The number of carbonyl (C=O) groups is 1. The van der Waals surface area contributed by atoms with Crippen molar-refractivity contribution in [3.05, 3.63) is 94.6 Å². The van der Waals surface area contributed by atoms with Gasteiger partial charge in [-0.3, -0.25) is 9.78 Å². The second-order valence-corrected chi connectivity index (χ2v) is 7.95. The predicted molar refractivity (Wildman–Crippen MR) is 119 cm³/mol. The summed E-state index contributed by atoms with van der Waals surface area (Å²) in [6.45, 7) is 4.06. The molecular weight excluding hydrogens is 396 g/mol. The summed E-state index contributed by atoms with van der Waals surface area (Å²) >= 11 is 1.57. The lowest BCUT2D eigenvalue weighted by atomic mass is 10.0. The summed E-state index contributed by atoms with van der Waals surface area (Å²) in [5, 5.41) is 7.32. The lowest BCUT2D eigenvalue weighted by Gasteiger charge is -2.21. The first-order valence-corrected chi connectivity index (χ1v) is 10.5. The number of anilines is 2. The van der Waals surface area contributed by atoms with Gasteiger partial charge < -0.3 is 15.1 Å². The highest BCUT2D eigenvalue weighted by atomic mass is 32.1. The molecule has 0 aliphatic rings. The number of aromatic nitrogens is 2. The van der Waals surface area contributed by atoms with Crippen molar-refractivity contribution in [2.45, 2.75) is 26.3 Å². The Balaban J connectivity index is 1.74. The number of carbonyl (C=O) groups excluding carboxylic acids is 1. The van der Waals surface area contributed by atoms with E-state index >= 15 is 0 Å².